The van der Waals surface area contributed by atoms with Gasteiger partial charge in [-0.05, 0) is 43.0 Å². The number of methoxy groups -OCH3 is 1. The summed E-state index contributed by atoms with van der Waals surface area (Å²) >= 11 is 0. The standard InChI is InChI=1S/C20H24N4O2/c1-26-17-5-3-13(4-6-17)14-9-18(24-7-2-8-24)19(22-12-14)20(25)23-16-10-15(21)11-16/h3-6,9,12,15-16H,2,7-8,10-11,21H2,1H3,(H,23,25)/t15-,16+. The Morgan fingerprint density at radius 3 is 2.54 bits per heavy atom. The van der Waals surface area contributed by atoms with Crippen LogP contribution in [0.25, 0.3) is 11.1 Å². The lowest BCUT2D eigenvalue weighted by molar-refractivity contribution is 0.0905. The van der Waals surface area contributed by atoms with Gasteiger partial charge < -0.3 is 20.7 Å². The number of carbonyl (C=O) groups excluding carboxylic acids is 1. The molecule has 0 bridgehead atoms. The van der Waals surface area contributed by atoms with Gasteiger partial charge in [-0.2, -0.15) is 0 Å². The summed E-state index contributed by atoms with van der Waals surface area (Å²) in [7, 11) is 1.65. The molecule has 136 valence electrons. The molecule has 4 rings (SSSR count). The molecule has 6 heteroatoms. The second-order valence-electron chi connectivity index (χ2n) is 7.06. The van der Waals surface area contributed by atoms with Crippen LogP contribution in [-0.4, -0.2) is 43.2 Å². The number of anilines is 1. The van der Waals surface area contributed by atoms with E-state index in [4.69, 9.17) is 10.5 Å². The van der Waals surface area contributed by atoms with Gasteiger partial charge in [-0.15, -0.1) is 0 Å². The fraction of sp³-hybridized carbons (Fsp3) is 0.400. The molecule has 1 aromatic heterocycles. The zero-order valence-electron chi connectivity index (χ0n) is 14.9. The van der Waals surface area contributed by atoms with Crippen LogP contribution >= 0.6 is 0 Å². The minimum absolute atomic E-state index is 0.106. The largest absolute Gasteiger partial charge is 0.497 e. The Hall–Kier alpha value is -2.60. The van der Waals surface area contributed by atoms with Gasteiger partial charge in [0.2, 0.25) is 0 Å². The number of aromatic nitrogens is 1. The molecule has 1 aliphatic heterocycles. The molecule has 0 atom stereocenters. The van der Waals surface area contributed by atoms with Gasteiger partial charge in [-0.3, -0.25) is 4.79 Å². The van der Waals surface area contributed by atoms with Gasteiger partial charge >= 0.3 is 0 Å². The van der Waals surface area contributed by atoms with Gasteiger partial charge in [0.15, 0.2) is 5.69 Å². The number of amides is 1. The van der Waals surface area contributed by atoms with Crippen molar-refractivity contribution in [2.24, 2.45) is 5.73 Å². The van der Waals surface area contributed by atoms with Crippen LogP contribution in [0.2, 0.25) is 0 Å². The molecule has 2 heterocycles. The summed E-state index contributed by atoms with van der Waals surface area (Å²) in [4.78, 5) is 19.4. The highest BCUT2D eigenvalue weighted by atomic mass is 16.5. The number of nitrogens with zero attached hydrogens (tertiary/aromatic N) is 2. The molecule has 1 amide bonds. The summed E-state index contributed by atoms with van der Waals surface area (Å²) in [5.41, 5.74) is 9.27. The predicted octanol–water partition coefficient (Wildman–Crippen LogP) is 2.19. The third kappa shape index (κ3) is 3.24. The molecule has 2 aromatic rings. The highest BCUT2D eigenvalue weighted by molar-refractivity contribution is 5.99. The van der Waals surface area contributed by atoms with Gasteiger partial charge in [0.1, 0.15) is 5.75 Å². The van der Waals surface area contributed by atoms with Crippen molar-refractivity contribution in [3.05, 3.63) is 42.2 Å². The summed E-state index contributed by atoms with van der Waals surface area (Å²) in [6.45, 7) is 1.92. The van der Waals surface area contributed by atoms with E-state index >= 15 is 0 Å². The molecule has 6 nitrogen and oxygen atoms in total. The average molecular weight is 352 g/mol. The van der Waals surface area contributed by atoms with Crippen molar-refractivity contribution in [1.29, 1.82) is 0 Å². The van der Waals surface area contributed by atoms with Crippen molar-refractivity contribution >= 4 is 11.6 Å². The first-order chi connectivity index (χ1) is 12.6. The lowest BCUT2D eigenvalue weighted by Gasteiger charge is -2.36. The highest BCUT2D eigenvalue weighted by Crippen LogP contribution is 2.30. The Morgan fingerprint density at radius 1 is 1.23 bits per heavy atom. The second kappa shape index (κ2) is 6.96. The predicted molar refractivity (Wildman–Crippen MR) is 102 cm³/mol. The number of benzene rings is 1. The van der Waals surface area contributed by atoms with E-state index in [0.29, 0.717) is 5.69 Å². The molecule has 1 aromatic carbocycles. The average Bonchev–Trinajstić information content (AvgIpc) is 2.59. The van der Waals surface area contributed by atoms with E-state index in [-0.39, 0.29) is 18.0 Å². The number of nitrogens with one attached hydrogen (secondary N) is 1. The molecule has 1 saturated heterocycles. The molecule has 0 radical (unpaired) electrons. The minimum atomic E-state index is -0.106. The molecule has 26 heavy (non-hydrogen) atoms. The Morgan fingerprint density at radius 2 is 1.96 bits per heavy atom. The second-order valence-corrected chi connectivity index (χ2v) is 7.06. The third-order valence-corrected chi connectivity index (χ3v) is 5.21. The maximum atomic E-state index is 12.7. The molecule has 2 aliphatic rings. The number of pyridine rings is 1. The Labute approximate surface area is 153 Å². The van der Waals surface area contributed by atoms with Crippen LogP contribution in [0, 0.1) is 0 Å². The first-order valence-electron chi connectivity index (χ1n) is 9.10. The van der Waals surface area contributed by atoms with Crippen LogP contribution in [0.15, 0.2) is 36.5 Å². The fourth-order valence-electron chi connectivity index (χ4n) is 3.40. The number of ether oxygens (including phenoxy) is 1. The van der Waals surface area contributed by atoms with E-state index in [1.165, 1.54) is 0 Å². The van der Waals surface area contributed by atoms with Crippen LogP contribution in [0.3, 0.4) is 0 Å². The number of carbonyl (C=O) groups is 1. The van der Waals surface area contributed by atoms with Gasteiger partial charge in [0.05, 0.1) is 12.8 Å². The van der Waals surface area contributed by atoms with Crippen molar-refractivity contribution in [2.75, 3.05) is 25.1 Å². The van der Waals surface area contributed by atoms with Crippen molar-refractivity contribution < 1.29 is 9.53 Å². The number of hydrogen-bond acceptors (Lipinski definition) is 5. The zero-order valence-corrected chi connectivity index (χ0v) is 14.9. The zero-order chi connectivity index (χ0) is 18.1. The van der Waals surface area contributed by atoms with Crippen LogP contribution in [-0.2, 0) is 0 Å². The van der Waals surface area contributed by atoms with Crippen LogP contribution in [0.5, 0.6) is 5.75 Å². The topological polar surface area (TPSA) is 80.5 Å². The van der Waals surface area contributed by atoms with E-state index in [2.05, 4.69) is 21.3 Å². The SMILES string of the molecule is COc1ccc(-c2cnc(C(=O)N[C@H]3C[C@@H](N)C3)c(N3CCC3)c2)cc1. The van der Waals surface area contributed by atoms with Crippen molar-refractivity contribution in [3.63, 3.8) is 0 Å². The third-order valence-electron chi connectivity index (χ3n) is 5.21. The number of nitrogens with two attached hydrogens (primary N) is 1. The molecular formula is C20H24N4O2. The van der Waals surface area contributed by atoms with E-state index < -0.39 is 0 Å². The maximum absolute atomic E-state index is 12.7. The lowest BCUT2D eigenvalue weighted by atomic mass is 9.87. The van der Waals surface area contributed by atoms with Crippen molar-refractivity contribution in [1.82, 2.24) is 10.3 Å². The monoisotopic (exact) mass is 352 g/mol. The van der Waals surface area contributed by atoms with Gasteiger partial charge in [-0.1, -0.05) is 12.1 Å². The molecular weight excluding hydrogens is 328 g/mol. The van der Waals surface area contributed by atoms with E-state index in [1.54, 1.807) is 13.3 Å². The molecule has 2 fully saturated rings. The summed E-state index contributed by atoms with van der Waals surface area (Å²) in [5.74, 6) is 0.712. The van der Waals surface area contributed by atoms with E-state index in [9.17, 15) is 4.79 Å². The Balaban J connectivity index is 1.60. The maximum Gasteiger partial charge on any atom is 0.272 e. The molecule has 0 spiro atoms. The fourth-order valence-corrected chi connectivity index (χ4v) is 3.40. The highest BCUT2D eigenvalue weighted by Gasteiger charge is 2.30. The summed E-state index contributed by atoms with van der Waals surface area (Å²) < 4.78 is 5.22. The first kappa shape index (κ1) is 16.8. The van der Waals surface area contributed by atoms with Gasteiger partial charge in [0.25, 0.3) is 5.91 Å². The Bertz CT molecular complexity index is 796. The summed E-state index contributed by atoms with van der Waals surface area (Å²) in [5, 5.41) is 3.06. The van der Waals surface area contributed by atoms with E-state index in [0.717, 1.165) is 54.9 Å². The molecule has 3 N–H and O–H groups in total. The number of rotatable bonds is 5. The van der Waals surface area contributed by atoms with E-state index in [1.807, 2.05) is 24.3 Å². The first-order valence-corrected chi connectivity index (χ1v) is 9.10. The molecule has 1 aliphatic carbocycles. The van der Waals surface area contributed by atoms with Crippen LogP contribution in [0.4, 0.5) is 5.69 Å². The smallest absolute Gasteiger partial charge is 0.272 e. The van der Waals surface area contributed by atoms with Gasteiger partial charge in [-0.25, -0.2) is 4.98 Å². The normalized spacial score (nSPS) is 21.5. The Kier molecular flexibility index (Phi) is 4.51. The van der Waals surface area contributed by atoms with Crippen molar-refractivity contribution in [2.45, 2.75) is 31.3 Å². The minimum Gasteiger partial charge on any atom is -0.497 e. The van der Waals surface area contributed by atoms with Crippen molar-refractivity contribution in [3.8, 4) is 16.9 Å². The molecule has 1 saturated carbocycles. The lowest BCUT2D eigenvalue weighted by Crippen LogP contribution is -2.50. The summed E-state index contributed by atoms with van der Waals surface area (Å²) in [6, 6.07) is 10.3. The number of hydrogen-bond donors (Lipinski definition) is 2. The van der Waals surface area contributed by atoms with Gasteiger partial charge in [0, 0.05) is 36.9 Å². The van der Waals surface area contributed by atoms with Crippen LogP contribution in [0.1, 0.15) is 29.8 Å². The summed E-state index contributed by atoms with van der Waals surface area (Å²) in [6.07, 6.45) is 4.60. The quantitative estimate of drug-likeness (QED) is 0.862. The molecule has 0 unspecified atom stereocenters. The van der Waals surface area contributed by atoms with Crippen LogP contribution < -0.4 is 20.7 Å².